The van der Waals surface area contributed by atoms with Gasteiger partial charge in [-0.2, -0.15) is 0 Å². The Morgan fingerprint density at radius 1 is 0.760 bits per heavy atom. The van der Waals surface area contributed by atoms with Crippen LogP contribution in [-0.2, 0) is 0 Å². The Kier molecular flexibility index (Phi) is 4.48. The molecule has 0 spiro atoms. The van der Waals surface area contributed by atoms with Gasteiger partial charge in [-0.1, -0.05) is 29.8 Å². The second-order valence-corrected chi connectivity index (χ2v) is 6.37. The van der Waals surface area contributed by atoms with Crippen LogP contribution in [0.1, 0.15) is 0 Å². The van der Waals surface area contributed by atoms with Crippen LogP contribution in [0.3, 0.4) is 0 Å². The maximum absolute atomic E-state index is 5.97. The van der Waals surface area contributed by atoms with Crippen molar-refractivity contribution in [1.29, 1.82) is 0 Å². The van der Waals surface area contributed by atoms with Crippen molar-refractivity contribution in [3.8, 4) is 11.3 Å². The molecule has 0 radical (unpaired) electrons. The molecule has 0 unspecified atom stereocenters. The van der Waals surface area contributed by atoms with E-state index in [2.05, 4.69) is 30.8 Å². The lowest BCUT2D eigenvalue weighted by molar-refractivity contribution is 0.641. The zero-order valence-electron chi connectivity index (χ0n) is 13.7. The van der Waals surface area contributed by atoms with Gasteiger partial charge in [0.15, 0.2) is 0 Å². The van der Waals surface area contributed by atoms with Crippen molar-refractivity contribution >= 4 is 23.2 Å². The van der Waals surface area contributed by atoms with Crippen molar-refractivity contribution in [1.82, 2.24) is 15.0 Å². The maximum atomic E-state index is 5.97. The largest absolute Gasteiger partial charge is 0.353 e. The number of piperazine rings is 1. The summed E-state index contributed by atoms with van der Waals surface area (Å²) in [4.78, 5) is 17.9. The number of nitrogens with zero attached hydrogens (tertiary/aromatic N) is 5. The van der Waals surface area contributed by atoms with E-state index >= 15 is 0 Å². The molecule has 2 aromatic heterocycles. The fourth-order valence-corrected chi connectivity index (χ4v) is 3.13. The third-order valence-corrected chi connectivity index (χ3v) is 4.62. The minimum atomic E-state index is 0.726. The molecule has 1 aliphatic rings. The average Bonchev–Trinajstić information content (AvgIpc) is 2.69. The molecular formula is C19H18ClN5. The molecule has 0 atom stereocenters. The van der Waals surface area contributed by atoms with Crippen LogP contribution in [0.25, 0.3) is 11.3 Å². The lowest BCUT2D eigenvalue weighted by Gasteiger charge is -2.36. The van der Waals surface area contributed by atoms with Gasteiger partial charge in [-0.05, 0) is 24.3 Å². The van der Waals surface area contributed by atoms with Gasteiger partial charge in [0.05, 0.1) is 5.69 Å². The molecule has 1 aliphatic heterocycles. The number of anilines is 2. The second kappa shape index (κ2) is 7.07. The van der Waals surface area contributed by atoms with Gasteiger partial charge in [-0.25, -0.2) is 15.0 Å². The van der Waals surface area contributed by atoms with Crippen molar-refractivity contribution in [2.45, 2.75) is 0 Å². The Morgan fingerprint density at radius 3 is 2.16 bits per heavy atom. The van der Waals surface area contributed by atoms with E-state index in [1.54, 1.807) is 6.33 Å². The lowest BCUT2D eigenvalue weighted by atomic mass is 10.1. The molecule has 0 N–H and O–H groups in total. The van der Waals surface area contributed by atoms with Crippen LogP contribution < -0.4 is 9.80 Å². The molecular weight excluding hydrogens is 334 g/mol. The summed E-state index contributed by atoms with van der Waals surface area (Å²) < 4.78 is 0. The molecule has 0 saturated carbocycles. The second-order valence-electron chi connectivity index (χ2n) is 5.93. The highest BCUT2D eigenvalue weighted by Crippen LogP contribution is 2.23. The molecule has 6 heteroatoms. The number of halogens is 1. The molecule has 126 valence electrons. The summed E-state index contributed by atoms with van der Waals surface area (Å²) in [5.41, 5.74) is 1.95. The Balaban J connectivity index is 1.48. The molecule has 1 saturated heterocycles. The highest BCUT2D eigenvalue weighted by atomic mass is 35.5. The molecule has 4 rings (SSSR count). The summed E-state index contributed by atoms with van der Waals surface area (Å²) in [6, 6.07) is 15.8. The van der Waals surface area contributed by atoms with Crippen LogP contribution in [0.5, 0.6) is 0 Å². The molecule has 25 heavy (non-hydrogen) atoms. The minimum Gasteiger partial charge on any atom is -0.353 e. The van der Waals surface area contributed by atoms with Crippen LogP contribution in [0.2, 0.25) is 5.02 Å². The Labute approximate surface area is 151 Å². The summed E-state index contributed by atoms with van der Waals surface area (Å²) in [5, 5.41) is 0.726. The third-order valence-electron chi connectivity index (χ3n) is 4.37. The molecule has 0 amide bonds. The minimum absolute atomic E-state index is 0.726. The standard InChI is InChI=1S/C19H18ClN5/c20-16-6-4-15(5-7-16)17-13-19(23-14-22-17)25-11-9-24(10-12-25)18-3-1-2-8-21-18/h1-8,13-14H,9-12H2. The normalized spacial score (nSPS) is 14.6. The highest BCUT2D eigenvalue weighted by molar-refractivity contribution is 6.30. The molecule has 3 aromatic rings. The van der Waals surface area contributed by atoms with Gasteiger partial charge in [0.25, 0.3) is 0 Å². The summed E-state index contributed by atoms with van der Waals surface area (Å²) >= 11 is 5.97. The monoisotopic (exact) mass is 351 g/mol. The van der Waals surface area contributed by atoms with Crippen LogP contribution in [-0.4, -0.2) is 41.1 Å². The van der Waals surface area contributed by atoms with E-state index in [4.69, 9.17) is 11.6 Å². The Hall–Kier alpha value is -2.66. The first-order chi connectivity index (χ1) is 12.3. The molecule has 0 bridgehead atoms. The maximum Gasteiger partial charge on any atom is 0.132 e. The first kappa shape index (κ1) is 15.8. The molecule has 0 aliphatic carbocycles. The Morgan fingerprint density at radius 2 is 1.48 bits per heavy atom. The van der Waals surface area contributed by atoms with Gasteiger partial charge in [0, 0.05) is 49.0 Å². The first-order valence-corrected chi connectivity index (χ1v) is 8.66. The van der Waals surface area contributed by atoms with E-state index in [0.717, 1.165) is 54.1 Å². The number of hydrogen-bond donors (Lipinski definition) is 0. The van der Waals surface area contributed by atoms with E-state index in [9.17, 15) is 0 Å². The number of benzene rings is 1. The average molecular weight is 352 g/mol. The van der Waals surface area contributed by atoms with Crippen molar-refractivity contribution in [2.75, 3.05) is 36.0 Å². The predicted octanol–water partition coefficient (Wildman–Crippen LogP) is 3.52. The fraction of sp³-hybridized carbons (Fsp3) is 0.211. The summed E-state index contributed by atoms with van der Waals surface area (Å²) in [6.07, 6.45) is 3.47. The molecule has 5 nitrogen and oxygen atoms in total. The fourth-order valence-electron chi connectivity index (χ4n) is 3.00. The number of pyridine rings is 1. The quantitative estimate of drug-likeness (QED) is 0.722. The van der Waals surface area contributed by atoms with Crippen LogP contribution in [0.4, 0.5) is 11.6 Å². The van der Waals surface area contributed by atoms with Gasteiger partial charge in [-0.3, -0.25) is 0 Å². The van der Waals surface area contributed by atoms with Gasteiger partial charge in [0.2, 0.25) is 0 Å². The predicted molar refractivity (Wildman–Crippen MR) is 101 cm³/mol. The van der Waals surface area contributed by atoms with Crippen molar-refractivity contribution < 1.29 is 0 Å². The van der Waals surface area contributed by atoms with Crippen LogP contribution >= 0.6 is 11.6 Å². The van der Waals surface area contributed by atoms with Gasteiger partial charge >= 0.3 is 0 Å². The van der Waals surface area contributed by atoms with E-state index in [1.165, 1.54) is 0 Å². The smallest absolute Gasteiger partial charge is 0.132 e. The topological polar surface area (TPSA) is 45.2 Å². The zero-order valence-corrected chi connectivity index (χ0v) is 14.5. The summed E-state index contributed by atoms with van der Waals surface area (Å²) in [5.74, 6) is 1.99. The summed E-state index contributed by atoms with van der Waals surface area (Å²) in [7, 11) is 0. The van der Waals surface area contributed by atoms with Crippen LogP contribution in [0.15, 0.2) is 61.1 Å². The Bertz CT molecular complexity index is 830. The zero-order chi connectivity index (χ0) is 17.1. The van der Waals surface area contributed by atoms with E-state index < -0.39 is 0 Å². The number of hydrogen-bond acceptors (Lipinski definition) is 5. The summed E-state index contributed by atoms with van der Waals surface area (Å²) in [6.45, 7) is 3.68. The van der Waals surface area contributed by atoms with Crippen molar-refractivity contribution in [3.05, 3.63) is 66.1 Å². The SMILES string of the molecule is Clc1ccc(-c2cc(N3CCN(c4ccccn4)CC3)ncn2)cc1. The van der Waals surface area contributed by atoms with Gasteiger partial charge < -0.3 is 9.80 Å². The first-order valence-electron chi connectivity index (χ1n) is 8.28. The highest BCUT2D eigenvalue weighted by Gasteiger charge is 2.19. The van der Waals surface area contributed by atoms with E-state index in [-0.39, 0.29) is 0 Å². The molecule has 1 aromatic carbocycles. The molecule has 1 fully saturated rings. The number of aromatic nitrogens is 3. The van der Waals surface area contributed by atoms with Gasteiger partial charge in [0.1, 0.15) is 18.0 Å². The van der Waals surface area contributed by atoms with Crippen molar-refractivity contribution in [2.24, 2.45) is 0 Å². The number of rotatable bonds is 3. The van der Waals surface area contributed by atoms with E-state index in [1.807, 2.05) is 48.7 Å². The van der Waals surface area contributed by atoms with Crippen molar-refractivity contribution in [3.63, 3.8) is 0 Å². The van der Waals surface area contributed by atoms with E-state index in [0.29, 0.717) is 0 Å². The molecule has 3 heterocycles. The lowest BCUT2D eigenvalue weighted by Crippen LogP contribution is -2.47. The van der Waals surface area contributed by atoms with Gasteiger partial charge in [-0.15, -0.1) is 0 Å². The third kappa shape index (κ3) is 3.56. The van der Waals surface area contributed by atoms with Crippen LogP contribution in [0, 0.1) is 0 Å².